The lowest BCUT2D eigenvalue weighted by molar-refractivity contribution is -0.146. The fourth-order valence-corrected chi connectivity index (χ4v) is 6.76. The van der Waals surface area contributed by atoms with E-state index in [2.05, 4.69) is 10.3 Å². The molecule has 0 unspecified atom stereocenters. The number of piperazine rings is 1. The zero-order valence-corrected chi connectivity index (χ0v) is 30.3. The van der Waals surface area contributed by atoms with Gasteiger partial charge in [-0.1, -0.05) is 19.4 Å². The van der Waals surface area contributed by atoms with Crippen LogP contribution in [0.4, 0.5) is 4.79 Å². The van der Waals surface area contributed by atoms with E-state index in [1.165, 1.54) is 15.9 Å². The van der Waals surface area contributed by atoms with Crippen molar-refractivity contribution in [2.75, 3.05) is 53.0 Å². The first-order valence-corrected chi connectivity index (χ1v) is 18.3. The van der Waals surface area contributed by atoms with E-state index < -0.39 is 36.0 Å². The molecule has 5 amide bonds. The molecule has 2 atom stereocenters. The van der Waals surface area contributed by atoms with Crippen molar-refractivity contribution >= 4 is 46.6 Å². The zero-order valence-electron chi connectivity index (χ0n) is 30.3. The van der Waals surface area contributed by atoms with E-state index >= 15 is 0 Å². The number of likely N-dealkylation sites (N-methyl/N-ethyl adjacent to an activating group) is 1. The molecule has 2 N–H and O–H groups in total. The van der Waals surface area contributed by atoms with E-state index in [4.69, 9.17) is 9.47 Å². The molecule has 1 aromatic heterocycles. The first-order chi connectivity index (χ1) is 25.0. The number of carboxylic acid groups (broad SMARTS) is 1. The van der Waals surface area contributed by atoms with Crippen LogP contribution in [0.3, 0.4) is 0 Å². The second-order valence-corrected chi connectivity index (χ2v) is 13.8. The van der Waals surface area contributed by atoms with Crippen LogP contribution in [0, 0.1) is 6.92 Å². The molecule has 2 aromatic rings. The van der Waals surface area contributed by atoms with Crippen LogP contribution in [0.15, 0.2) is 24.3 Å². The summed E-state index contributed by atoms with van der Waals surface area (Å²) in [6, 6.07) is 5.32. The highest BCUT2D eigenvalue weighted by atomic mass is 16.6. The summed E-state index contributed by atoms with van der Waals surface area (Å²) in [5, 5.41) is 12.6. The van der Waals surface area contributed by atoms with Crippen LogP contribution in [-0.2, 0) is 23.9 Å². The fourth-order valence-electron chi connectivity index (χ4n) is 6.76. The van der Waals surface area contributed by atoms with E-state index in [9.17, 15) is 33.9 Å². The van der Waals surface area contributed by atoms with E-state index in [1.54, 1.807) is 29.0 Å². The summed E-state index contributed by atoms with van der Waals surface area (Å²) >= 11 is 0. The highest BCUT2D eigenvalue weighted by Gasteiger charge is 2.38. The topological polar surface area (TPSA) is 179 Å². The minimum atomic E-state index is -1.17. The number of nitrogens with one attached hydrogen (secondary N) is 1. The molecule has 3 heterocycles. The minimum absolute atomic E-state index is 0.0573. The van der Waals surface area contributed by atoms with Crippen LogP contribution in [0.1, 0.15) is 80.8 Å². The minimum Gasteiger partial charge on any atom is -0.483 e. The Bertz CT molecular complexity index is 1660. The Morgan fingerprint density at radius 2 is 1.73 bits per heavy atom. The second-order valence-electron chi connectivity index (χ2n) is 13.8. The number of benzene rings is 1. The highest BCUT2D eigenvalue weighted by Crippen LogP contribution is 2.29. The number of carboxylic acids is 1. The van der Waals surface area contributed by atoms with Gasteiger partial charge in [0, 0.05) is 63.7 Å². The van der Waals surface area contributed by atoms with Crippen LogP contribution in [0.5, 0.6) is 5.75 Å². The number of carbonyl (C=O) groups excluding carboxylic acids is 5. The van der Waals surface area contributed by atoms with Gasteiger partial charge in [0.25, 0.3) is 11.8 Å². The number of aliphatic carboxylic acids is 1. The van der Waals surface area contributed by atoms with Crippen molar-refractivity contribution in [1.29, 1.82) is 0 Å². The van der Waals surface area contributed by atoms with Gasteiger partial charge in [0.15, 0.2) is 6.61 Å². The molecule has 2 aliphatic heterocycles. The van der Waals surface area contributed by atoms with Gasteiger partial charge >= 0.3 is 12.1 Å². The molecule has 52 heavy (non-hydrogen) atoms. The Hall–Kier alpha value is -4.95. The van der Waals surface area contributed by atoms with Gasteiger partial charge in [0.05, 0.1) is 12.1 Å². The molecule has 0 spiro atoms. The highest BCUT2D eigenvalue weighted by molar-refractivity contribution is 5.99. The van der Waals surface area contributed by atoms with Crippen molar-refractivity contribution < 1.29 is 43.3 Å². The summed E-state index contributed by atoms with van der Waals surface area (Å²) in [5.74, 6) is -2.47. The van der Waals surface area contributed by atoms with E-state index in [0.29, 0.717) is 36.9 Å². The number of carbonyl (C=O) groups is 6. The molecule has 3 fully saturated rings. The number of aromatic nitrogens is 1. The van der Waals surface area contributed by atoms with Crippen LogP contribution in [0.25, 0.3) is 10.9 Å². The number of amides is 5. The third-order valence-electron chi connectivity index (χ3n) is 10.2. The van der Waals surface area contributed by atoms with E-state index in [0.717, 1.165) is 37.7 Å². The average Bonchev–Trinajstić information content (AvgIpc) is 3.60. The van der Waals surface area contributed by atoms with Gasteiger partial charge in [-0.05, 0) is 69.6 Å². The molecule has 5 rings (SSSR count). The van der Waals surface area contributed by atoms with Crippen LogP contribution in [0.2, 0.25) is 0 Å². The second kappa shape index (κ2) is 17.5. The Labute approximate surface area is 303 Å². The number of aryl methyl sites for hydroxylation is 1. The van der Waals surface area contributed by atoms with Gasteiger partial charge in [0.2, 0.25) is 11.8 Å². The molecule has 0 bridgehead atoms. The number of hydrogen-bond acceptors (Lipinski definition) is 9. The van der Waals surface area contributed by atoms with Crippen LogP contribution in [-0.4, -0.2) is 136 Å². The Morgan fingerprint density at radius 3 is 2.40 bits per heavy atom. The third kappa shape index (κ3) is 9.28. The first-order valence-electron chi connectivity index (χ1n) is 18.3. The quantitative estimate of drug-likeness (QED) is 0.276. The van der Waals surface area contributed by atoms with Crippen molar-refractivity contribution in [1.82, 2.24) is 29.9 Å². The number of nitrogens with zero attached hydrogens (tertiary/aromatic N) is 5. The van der Waals surface area contributed by atoms with Gasteiger partial charge in [0.1, 0.15) is 23.5 Å². The van der Waals surface area contributed by atoms with Gasteiger partial charge in [-0.2, -0.15) is 0 Å². The first kappa shape index (κ1) is 38.3. The number of ether oxygens (including phenoxy) is 2. The summed E-state index contributed by atoms with van der Waals surface area (Å²) < 4.78 is 11.3. The van der Waals surface area contributed by atoms with Gasteiger partial charge < -0.3 is 39.5 Å². The largest absolute Gasteiger partial charge is 0.483 e. The summed E-state index contributed by atoms with van der Waals surface area (Å²) in [6.45, 7) is 5.15. The molecule has 15 nitrogen and oxygen atoms in total. The van der Waals surface area contributed by atoms with Gasteiger partial charge in [-0.25, -0.2) is 9.78 Å². The SMILES string of the molecule is CCCCOC(=O)N1CCN(C(=O)[C@H](CCC(=O)O)NC(=O)c2cc(OCC(=O)N3CCC[C@H]3C(=O)N(C)C3CCC3)c3ccc(C)cc3n2)CC1. The molecular weight excluding hydrogens is 672 g/mol. The van der Waals surface area contributed by atoms with Crippen LogP contribution >= 0.6 is 0 Å². The molecule has 15 heteroatoms. The molecule has 3 aliphatic rings. The lowest BCUT2D eigenvalue weighted by atomic mass is 9.91. The van der Waals surface area contributed by atoms with Gasteiger partial charge in [-0.15, -0.1) is 0 Å². The normalized spacial score (nSPS) is 18.1. The Kier molecular flexibility index (Phi) is 12.9. The molecule has 0 radical (unpaired) electrons. The lowest BCUT2D eigenvalue weighted by Gasteiger charge is -2.37. The number of fused-ring (bicyclic) bond motifs is 1. The van der Waals surface area contributed by atoms with Crippen molar-refractivity contribution in [3.63, 3.8) is 0 Å². The predicted molar refractivity (Wildman–Crippen MR) is 190 cm³/mol. The Balaban J connectivity index is 1.28. The Morgan fingerprint density at radius 1 is 1.00 bits per heavy atom. The number of likely N-dealkylation sites (tertiary alicyclic amines) is 1. The van der Waals surface area contributed by atoms with Crippen molar-refractivity contribution in [3.05, 3.63) is 35.5 Å². The number of pyridine rings is 1. The standard InChI is InChI=1S/C37H50N6O9/c1-4-5-20-51-37(50)42-18-16-41(17-19-42)35(48)27(13-14-33(45)46)39-34(47)29-22-31(26-12-11-24(2)21-28(26)38-29)52-23-32(44)43-15-7-10-30(43)36(49)40(3)25-8-6-9-25/h11-12,21-22,25,27,30H,4-10,13-20,23H2,1-3H3,(H,39,47)(H,45,46)/t27-,30-/m0/s1. The van der Waals surface area contributed by atoms with Crippen molar-refractivity contribution in [2.45, 2.75) is 89.8 Å². The third-order valence-corrected chi connectivity index (χ3v) is 10.2. The summed E-state index contributed by atoms with van der Waals surface area (Å²) in [6.07, 6.45) is 5.02. The zero-order chi connectivity index (χ0) is 37.4. The average molecular weight is 723 g/mol. The maximum absolute atomic E-state index is 13.7. The lowest BCUT2D eigenvalue weighted by Crippen LogP contribution is -2.56. The van der Waals surface area contributed by atoms with Gasteiger partial charge in [-0.3, -0.25) is 24.0 Å². The summed E-state index contributed by atoms with van der Waals surface area (Å²) in [7, 11) is 1.80. The van der Waals surface area contributed by atoms with Crippen molar-refractivity contribution in [2.24, 2.45) is 0 Å². The summed E-state index contributed by atoms with van der Waals surface area (Å²) in [5.41, 5.74) is 1.22. The number of unbranched alkanes of at least 4 members (excludes halogenated alkanes) is 1. The summed E-state index contributed by atoms with van der Waals surface area (Å²) in [4.78, 5) is 88.8. The maximum Gasteiger partial charge on any atom is 0.409 e. The van der Waals surface area contributed by atoms with E-state index in [-0.39, 0.29) is 74.9 Å². The fraction of sp³-hybridized carbons (Fsp3) is 0.595. The number of hydrogen-bond donors (Lipinski definition) is 2. The molecule has 1 aromatic carbocycles. The molecule has 2 saturated heterocycles. The van der Waals surface area contributed by atoms with E-state index in [1.807, 2.05) is 19.9 Å². The predicted octanol–water partition coefficient (Wildman–Crippen LogP) is 2.97. The monoisotopic (exact) mass is 722 g/mol. The maximum atomic E-state index is 13.7. The van der Waals surface area contributed by atoms with Crippen LogP contribution < -0.4 is 10.1 Å². The molecular formula is C37H50N6O9. The van der Waals surface area contributed by atoms with Crippen molar-refractivity contribution in [3.8, 4) is 5.75 Å². The number of rotatable bonds is 14. The molecule has 1 saturated carbocycles. The molecule has 1 aliphatic carbocycles. The smallest absolute Gasteiger partial charge is 0.409 e. The molecule has 282 valence electrons.